The Kier molecular flexibility index (Phi) is 5.83. The van der Waals surface area contributed by atoms with Gasteiger partial charge in [-0.15, -0.1) is 0 Å². The molecule has 0 atom stereocenters. The molecule has 0 aliphatic carbocycles. The lowest BCUT2D eigenvalue weighted by Crippen LogP contribution is -2.23. The Bertz CT molecular complexity index is 603. The van der Waals surface area contributed by atoms with Crippen LogP contribution in [0, 0.1) is 0 Å². The number of methoxy groups -OCH3 is 1. The van der Waals surface area contributed by atoms with Crippen LogP contribution in [0.1, 0.15) is 18.1 Å². The number of hydrogen-bond acceptors (Lipinski definition) is 2. The van der Waals surface area contributed by atoms with Crippen molar-refractivity contribution in [2.75, 3.05) is 19.0 Å². The van der Waals surface area contributed by atoms with Gasteiger partial charge in [-0.05, 0) is 48.2 Å². The number of nitrogens with zero attached hydrogens (tertiary/aromatic N) is 1. The summed E-state index contributed by atoms with van der Waals surface area (Å²) in [5.41, 5.74) is 9.38. The van der Waals surface area contributed by atoms with E-state index in [1.807, 2.05) is 36.4 Å². The number of aliphatic imine (C=N–C) groups is 1. The minimum absolute atomic E-state index is 0.442. The number of benzene rings is 2. The standard InChI is InChI=1S/C18H23N3O/c1-3-14-4-8-16(9-5-14)21-18(19)20-13-12-15-6-10-17(22-2)11-7-15/h4-11H,3,12-13H2,1-2H3,(H3,19,20,21). The zero-order valence-electron chi connectivity index (χ0n) is 13.2. The van der Waals surface area contributed by atoms with Crippen LogP contribution >= 0.6 is 0 Å². The first-order valence-electron chi connectivity index (χ1n) is 7.50. The third-order valence-electron chi connectivity index (χ3n) is 3.48. The van der Waals surface area contributed by atoms with E-state index in [-0.39, 0.29) is 0 Å². The molecule has 116 valence electrons. The largest absolute Gasteiger partial charge is 0.497 e. The number of hydrogen-bond donors (Lipinski definition) is 2. The van der Waals surface area contributed by atoms with Crippen LogP contribution in [0.3, 0.4) is 0 Å². The molecule has 0 saturated heterocycles. The van der Waals surface area contributed by atoms with Crippen molar-refractivity contribution < 1.29 is 4.74 Å². The average molecular weight is 297 g/mol. The fourth-order valence-electron chi connectivity index (χ4n) is 2.11. The van der Waals surface area contributed by atoms with E-state index in [2.05, 4.69) is 29.4 Å². The molecule has 0 saturated carbocycles. The van der Waals surface area contributed by atoms with E-state index in [9.17, 15) is 0 Å². The molecule has 0 aromatic heterocycles. The molecular weight excluding hydrogens is 274 g/mol. The summed E-state index contributed by atoms with van der Waals surface area (Å²) in [7, 11) is 1.67. The molecular formula is C18H23N3O. The van der Waals surface area contributed by atoms with Crippen molar-refractivity contribution >= 4 is 11.6 Å². The highest BCUT2D eigenvalue weighted by Gasteiger charge is 1.97. The fourth-order valence-corrected chi connectivity index (χ4v) is 2.11. The van der Waals surface area contributed by atoms with Crippen LogP contribution in [-0.2, 0) is 12.8 Å². The van der Waals surface area contributed by atoms with Gasteiger partial charge >= 0.3 is 0 Å². The van der Waals surface area contributed by atoms with Gasteiger partial charge in [-0.25, -0.2) is 0 Å². The van der Waals surface area contributed by atoms with Crippen molar-refractivity contribution in [2.45, 2.75) is 19.8 Å². The van der Waals surface area contributed by atoms with Crippen molar-refractivity contribution in [3.8, 4) is 5.75 Å². The van der Waals surface area contributed by atoms with E-state index >= 15 is 0 Å². The summed E-state index contributed by atoms with van der Waals surface area (Å²) in [6.07, 6.45) is 1.88. The Labute approximate surface area is 132 Å². The maximum absolute atomic E-state index is 5.90. The Hall–Kier alpha value is -2.49. The van der Waals surface area contributed by atoms with Gasteiger partial charge in [0.25, 0.3) is 0 Å². The fraction of sp³-hybridized carbons (Fsp3) is 0.278. The lowest BCUT2D eigenvalue weighted by atomic mass is 10.1. The molecule has 0 aliphatic heterocycles. The second kappa shape index (κ2) is 8.08. The van der Waals surface area contributed by atoms with E-state index in [0.29, 0.717) is 12.5 Å². The van der Waals surface area contributed by atoms with Crippen LogP contribution in [-0.4, -0.2) is 19.6 Å². The van der Waals surface area contributed by atoms with Crippen LogP contribution in [0.15, 0.2) is 53.5 Å². The van der Waals surface area contributed by atoms with Crippen molar-refractivity contribution in [2.24, 2.45) is 10.7 Å². The summed E-state index contributed by atoms with van der Waals surface area (Å²) in [5.74, 6) is 1.31. The second-order valence-electron chi connectivity index (χ2n) is 5.04. The SMILES string of the molecule is CCc1ccc(NC(N)=NCCc2ccc(OC)cc2)cc1. The molecule has 0 amide bonds. The number of ether oxygens (including phenoxy) is 1. The topological polar surface area (TPSA) is 59.6 Å². The first-order valence-corrected chi connectivity index (χ1v) is 7.50. The maximum atomic E-state index is 5.90. The zero-order chi connectivity index (χ0) is 15.8. The number of guanidine groups is 1. The molecule has 0 fully saturated rings. The maximum Gasteiger partial charge on any atom is 0.193 e. The predicted octanol–water partition coefficient (Wildman–Crippen LogP) is 3.23. The van der Waals surface area contributed by atoms with E-state index in [4.69, 9.17) is 10.5 Å². The molecule has 2 rings (SSSR count). The number of nitrogens with two attached hydrogens (primary N) is 1. The van der Waals surface area contributed by atoms with Crippen LogP contribution < -0.4 is 15.8 Å². The Balaban J connectivity index is 1.83. The molecule has 2 aromatic rings. The Morgan fingerprint density at radius 1 is 1.05 bits per heavy atom. The smallest absolute Gasteiger partial charge is 0.193 e. The summed E-state index contributed by atoms with van der Waals surface area (Å²) < 4.78 is 5.14. The van der Waals surface area contributed by atoms with Crippen LogP contribution in [0.4, 0.5) is 5.69 Å². The minimum Gasteiger partial charge on any atom is -0.497 e. The number of rotatable bonds is 6. The monoisotopic (exact) mass is 297 g/mol. The predicted molar refractivity (Wildman–Crippen MR) is 92.6 cm³/mol. The highest BCUT2D eigenvalue weighted by molar-refractivity contribution is 5.92. The third-order valence-corrected chi connectivity index (χ3v) is 3.48. The summed E-state index contributed by atoms with van der Waals surface area (Å²) in [6.45, 7) is 2.79. The van der Waals surface area contributed by atoms with Crippen molar-refractivity contribution in [1.82, 2.24) is 0 Å². The highest BCUT2D eigenvalue weighted by Crippen LogP contribution is 2.12. The molecule has 0 bridgehead atoms. The zero-order valence-corrected chi connectivity index (χ0v) is 13.2. The third kappa shape index (κ3) is 4.81. The number of nitrogens with one attached hydrogen (secondary N) is 1. The van der Waals surface area contributed by atoms with Gasteiger partial charge in [-0.2, -0.15) is 0 Å². The minimum atomic E-state index is 0.442. The van der Waals surface area contributed by atoms with E-state index in [1.54, 1.807) is 7.11 Å². The molecule has 2 aromatic carbocycles. The van der Waals surface area contributed by atoms with Crippen molar-refractivity contribution in [1.29, 1.82) is 0 Å². The molecule has 0 heterocycles. The molecule has 4 nitrogen and oxygen atoms in total. The summed E-state index contributed by atoms with van der Waals surface area (Å²) in [5, 5.41) is 3.11. The summed E-state index contributed by atoms with van der Waals surface area (Å²) in [6, 6.07) is 16.2. The van der Waals surface area contributed by atoms with Gasteiger partial charge in [-0.1, -0.05) is 31.2 Å². The van der Waals surface area contributed by atoms with Crippen LogP contribution in [0.25, 0.3) is 0 Å². The molecule has 0 unspecified atom stereocenters. The second-order valence-corrected chi connectivity index (χ2v) is 5.04. The van der Waals surface area contributed by atoms with Gasteiger partial charge in [0.2, 0.25) is 0 Å². The lowest BCUT2D eigenvalue weighted by molar-refractivity contribution is 0.414. The van der Waals surface area contributed by atoms with E-state index < -0.39 is 0 Å². The van der Waals surface area contributed by atoms with Gasteiger partial charge in [0, 0.05) is 12.2 Å². The first-order chi connectivity index (χ1) is 10.7. The summed E-state index contributed by atoms with van der Waals surface area (Å²) >= 11 is 0. The number of aryl methyl sites for hydroxylation is 1. The molecule has 0 radical (unpaired) electrons. The van der Waals surface area contributed by atoms with Gasteiger partial charge < -0.3 is 15.8 Å². The lowest BCUT2D eigenvalue weighted by Gasteiger charge is -2.06. The Morgan fingerprint density at radius 2 is 1.68 bits per heavy atom. The molecule has 0 aliphatic rings. The molecule has 22 heavy (non-hydrogen) atoms. The molecule has 4 heteroatoms. The van der Waals surface area contributed by atoms with Crippen LogP contribution in [0.2, 0.25) is 0 Å². The van der Waals surface area contributed by atoms with Gasteiger partial charge in [0.05, 0.1) is 7.11 Å². The molecule has 3 N–H and O–H groups in total. The van der Waals surface area contributed by atoms with E-state index in [0.717, 1.165) is 24.3 Å². The number of anilines is 1. The Morgan fingerprint density at radius 3 is 2.27 bits per heavy atom. The quantitative estimate of drug-likeness (QED) is 0.635. The van der Waals surface area contributed by atoms with Crippen molar-refractivity contribution in [3.05, 3.63) is 59.7 Å². The van der Waals surface area contributed by atoms with Gasteiger partial charge in [0.15, 0.2) is 5.96 Å². The first kappa shape index (κ1) is 15.9. The van der Waals surface area contributed by atoms with Gasteiger partial charge in [0.1, 0.15) is 5.75 Å². The van der Waals surface area contributed by atoms with Gasteiger partial charge in [-0.3, -0.25) is 4.99 Å². The van der Waals surface area contributed by atoms with Crippen molar-refractivity contribution in [3.63, 3.8) is 0 Å². The van der Waals surface area contributed by atoms with E-state index in [1.165, 1.54) is 11.1 Å². The highest BCUT2D eigenvalue weighted by atomic mass is 16.5. The molecule has 0 spiro atoms. The van der Waals surface area contributed by atoms with Crippen LogP contribution in [0.5, 0.6) is 5.75 Å². The summed E-state index contributed by atoms with van der Waals surface area (Å²) in [4.78, 5) is 4.35. The normalized spacial score (nSPS) is 11.3. The average Bonchev–Trinajstić information content (AvgIpc) is 2.56.